The molecule has 7 nitrogen and oxygen atoms in total. The van der Waals surface area contributed by atoms with Crippen molar-refractivity contribution in [3.63, 3.8) is 0 Å². The van der Waals surface area contributed by atoms with Crippen LogP contribution in [0.25, 0.3) is 0 Å². The molecule has 2 amide bonds. The monoisotopic (exact) mass is 645 g/mol. The Bertz CT molecular complexity index is 1710. The summed E-state index contributed by atoms with van der Waals surface area (Å²) in [7, 11) is -4.16. The number of nitrogens with zero attached hydrogens (tertiary/aromatic N) is 2. The molecule has 45 heavy (non-hydrogen) atoms. The molecule has 0 fully saturated rings. The molecular weight excluding hydrogens is 606 g/mol. The second-order valence-electron chi connectivity index (χ2n) is 11.5. The number of amides is 2. The van der Waals surface area contributed by atoms with Crippen molar-refractivity contribution < 1.29 is 18.0 Å². The predicted octanol–water partition coefficient (Wildman–Crippen LogP) is 6.56. The van der Waals surface area contributed by atoms with Gasteiger partial charge in [0.05, 0.1) is 10.6 Å². The molecule has 4 aromatic carbocycles. The minimum absolute atomic E-state index is 0.0536. The largest absolute Gasteiger partial charge is 0.354 e. The molecule has 0 bridgehead atoms. The van der Waals surface area contributed by atoms with E-state index in [2.05, 4.69) is 5.32 Å². The fraction of sp³-hybridized carbons (Fsp3) is 0.278. The van der Waals surface area contributed by atoms with Crippen LogP contribution in [0.15, 0.2) is 108 Å². The van der Waals surface area contributed by atoms with Crippen LogP contribution in [0.3, 0.4) is 0 Å². The summed E-state index contributed by atoms with van der Waals surface area (Å²) in [5.74, 6) is -0.637. The van der Waals surface area contributed by atoms with E-state index in [0.717, 1.165) is 26.6 Å². The van der Waals surface area contributed by atoms with E-state index in [1.807, 2.05) is 70.2 Å². The highest BCUT2D eigenvalue weighted by Crippen LogP contribution is 2.29. The first-order chi connectivity index (χ1) is 21.5. The van der Waals surface area contributed by atoms with E-state index >= 15 is 0 Å². The molecule has 4 aromatic rings. The van der Waals surface area contributed by atoms with Crippen LogP contribution < -0.4 is 9.62 Å². The van der Waals surface area contributed by atoms with Crippen molar-refractivity contribution in [3.05, 3.63) is 130 Å². The summed E-state index contributed by atoms with van der Waals surface area (Å²) in [4.78, 5) is 30.0. The fourth-order valence-electron chi connectivity index (χ4n) is 5.05. The Morgan fingerprint density at radius 2 is 1.44 bits per heavy atom. The van der Waals surface area contributed by atoms with Gasteiger partial charge in [-0.25, -0.2) is 8.42 Å². The normalized spacial score (nSPS) is 12.0. The van der Waals surface area contributed by atoms with Crippen LogP contribution >= 0.6 is 11.6 Å². The third-order valence-electron chi connectivity index (χ3n) is 7.65. The molecule has 0 heterocycles. The minimum atomic E-state index is -4.16. The summed E-state index contributed by atoms with van der Waals surface area (Å²) >= 11 is 6.32. The molecule has 236 valence electrons. The number of nitrogens with one attached hydrogen (secondary N) is 1. The van der Waals surface area contributed by atoms with E-state index in [-0.39, 0.29) is 29.7 Å². The standard InChI is InChI=1S/C36H40ClN3O4S/c1-26(2)23-38-36(42)34(22-29-14-7-5-8-15-29)39(24-30-16-12-17-31(37)21-30)35(41)25-40(33-20-11-13-27(3)28(33)4)45(43,44)32-18-9-6-10-19-32/h5-21,26,34H,22-25H2,1-4H3,(H,38,42)/t34-/m0/s1. The maximum Gasteiger partial charge on any atom is 0.264 e. The van der Waals surface area contributed by atoms with Gasteiger partial charge in [-0.15, -0.1) is 0 Å². The number of sulfonamides is 1. The molecule has 0 saturated heterocycles. The van der Waals surface area contributed by atoms with E-state index in [0.29, 0.717) is 17.3 Å². The zero-order valence-electron chi connectivity index (χ0n) is 26.1. The lowest BCUT2D eigenvalue weighted by Crippen LogP contribution is -2.53. The smallest absolute Gasteiger partial charge is 0.264 e. The summed E-state index contributed by atoms with van der Waals surface area (Å²) in [6.45, 7) is 7.71. The van der Waals surface area contributed by atoms with Crippen molar-refractivity contribution in [2.75, 3.05) is 17.4 Å². The highest BCUT2D eigenvalue weighted by molar-refractivity contribution is 7.92. The van der Waals surface area contributed by atoms with Crippen molar-refractivity contribution in [3.8, 4) is 0 Å². The zero-order chi connectivity index (χ0) is 32.6. The molecule has 0 unspecified atom stereocenters. The lowest BCUT2D eigenvalue weighted by molar-refractivity contribution is -0.140. The average molecular weight is 646 g/mol. The number of carbonyl (C=O) groups is 2. The van der Waals surface area contributed by atoms with E-state index in [1.165, 1.54) is 17.0 Å². The van der Waals surface area contributed by atoms with Crippen molar-refractivity contribution in [1.82, 2.24) is 10.2 Å². The molecule has 0 aliphatic heterocycles. The highest BCUT2D eigenvalue weighted by atomic mass is 35.5. The molecule has 0 aromatic heterocycles. The third-order valence-corrected chi connectivity index (χ3v) is 9.66. The molecule has 0 aliphatic rings. The van der Waals surface area contributed by atoms with E-state index in [4.69, 9.17) is 11.6 Å². The maximum absolute atomic E-state index is 14.6. The van der Waals surface area contributed by atoms with Gasteiger partial charge in [-0.05, 0) is 72.4 Å². The lowest BCUT2D eigenvalue weighted by atomic mass is 10.0. The first-order valence-corrected chi connectivity index (χ1v) is 16.8. The van der Waals surface area contributed by atoms with Crippen LogP contribution in [0.5, 0.6) is 0 Å². The fourth-order valence-corrected chi connectivity index (χ4v) is 6.75. The second kappa shape index (κ2) is 15.2. The number of carbonyl (C=O) groups excluding carboxylic acids is 2. The van der Waals surface area contributed by atoms with Crippen LogP contribution in [-0.2, 0) is 32.6 Å². The molecule has 0 radical (unpaired) electrons. The van der Waals surface area contributed by atoms with Gasteiger partial charge in [0.1, 0.15) is 12.6 Å². The van der Waals surface area contributed by atoms with Gasteiger partial charge in [-0.3, -0.25) is 13.9 Å². The minimum Gasteiger partial charge on any atom is -0.354 e. The maximum atomic E-state index is 14.6. The lowest BCUT2D eigenvalue weighted by Gasteiger charge is -2.34. The molecule has 1 N–H and O–H groups in total. The molecule has 0 spiro atoms. The quantitative estimate of drug-likeness (QED) is 0.178. The van der Waals surface area contributed by atoms with E-state index in [9.17, 15) is 18.0 Å². The van der Waals surface area contributed by atoms with Gasteiger partial charge in [0.15, 0.2) is 0 Å². The molecule has 4 rings (SSSR count). The van der Waals surface area contributed by atoms with Gasteiger partial charge in [-0.2, -0.15) is 0 Å². The Kier molecular flexibility index (Phi) is 11.4. The number of halogens is 1. The Morgan fingerprint density at radius 3 is 2.09 bits per heavy atom. The molecule has 0 aliphatic carbocycles. The number of rotatable bonds is 13. The SMILES string of the molecule is Cc1cccc(N(CC(=O)N(Cc2cccc(Cl)c2)[C@@H](Cc2ccccc2)C(=O)NCC(C)C)S(=O)(=O)c2ccccc2)c1C. The summed E-state index contributed by atoms with van der Waals surface area (Å²) in [5.41, 5.74) is 3.61. The number of hydrogen-bond acceptors (Lipinski definition) is 4. The Hall–Kier alpha value is -4.14. The summed E-state index contributed by atoms with van der Waals surface area (Å²) in [5, 5.41) is 3.49. The van der Waals surface area contributed by atoms with Gasteiger partial charge >= 0.3 is 0 Å². The Labute approximate surface area is 271 Å². The van der Waals surface area contributed by atoms with E-state index in [1.54, 1.807) is 48.5 Å². The van der Waals surface area contributed by atoms with Gasteiger partial charge in [-0.1, -0.05) is 98.2 Å². The average Bonchev–Trinajstić information content (AvgIpc) is 3.02. The van der Waals surface area contributed by atoms with Crippen molar-refractivity contribution >= 4 is 39.1 Å². The van der Waals surface area contributed by atoms with Gasteiger partial charge in [0.2, 0.25) is 11.8 Å². The summed E-state index contributed by atoms with van der Waals surface area (Å²) in [6, 6.07) is 29.1. The predicted molar refractivity (Wildman–Crippen MR) is 181 cm³/mol. The first kappa shape index (κ1) is 33.7. The summed E-state index contributed by atoms with van der Waals surface area (Å²) < 4.78 is 29.5. The van der Waals surface area contributed by atoms with Crippen LogP contribution in [0.1, 0.15) is 36.1 Å². The van der Waals surface area contributed by atoms with Crippen LogP contribution in [0.2, 0.25) is 5.02 Å². The number of benzene rings is 4. The second-order valence-corrected chi connectivity index (χ2v) is 13.8. The Balaban J connectivity index is 1.82. The topological polar surface area (TPSA) is 86.8 Å². The zero-order valence-corrected chi connectivity index (χ0v) is 27.7. The van der Waals surface area contributed by atoms with Crippen LogP contribution in [-0.4, -0.2) is 44.3 Å². The van der Waals surface area contributed by atoms with Crippen molar-refractivity contribution in [2.45, 2.75) is 51.6 Å². The summed E-state index contributed by atoms with van der Waals surface area (Å²) in [6.07, 6.45) is 0.242. The highest BCUT2D eigenvalue weighted by Gasteiger charge is 2.35. The Morgan fingerprint density at radius 1 is 0.822 bits per heavy atom. The van der Waals surface area contributed by atoms with E-state index < -0.39 is 28.5 Å². The molecular formula is C36H40ClN3O4S. The number of hydrogen-bond donors (Lipinski definition) is 1. The van der Waals surface area contributed by atoms with Crippen molar-refractivity contribution in [1.29, 1.82) is 0 Å². The number of anilines is 1. The van der Waals surface area contributed by atoms with Crippen molar-refractivity contribution in [2.24, 2.45) is 5.92 Å². The third kappa shape index (κ3) is 8.74. The van der Waals surface area contributed by atoms with Crippen LogP contribution in [0, 0.1) is 19.8 Å². The first-order valence-electron chi connectivity index (χ1n) is 15.0. The van der Waals surface area contributed by atoms with Gasteiger partial charge in [0.25, 0.3) is 10.0 Å². The van der Waals surface area contributed by atoms with Gasteiger partial charge in [0, 0.05) is 24.5 Å². The molecule has 9 heteroatoms. The number of aryl methyl sites for hydroxylation is 1. The molecule has 0 saturated carbocycles. The van der Waals surface area contributed by atoms with Gasteiger partial charge < -0.3 is 10.2 Å². The molecule has 1 atom stereocenters. The van der Waals surface area contributed by atoms with Crippen LogP contribution in [0.4, 0.5) is 5.69 Å².